The van der Waals surface area contributed by atoms with Crippen LogP contribution in [0, 0.1) is 5.82 Å². The molecule has 0 amide bonds. The zero-order valence-electron chi connectivity index (χ0n) is 12.1. The van der Waals surface area contributed by atoms with Gasteiger partial charge in [0.1, 0.15) is 5.82 Å². The molecule has 3 rings (SSSR count). The average molecular weight is 278 g/mol. The Balaban J connectivity index is 1.78. The lowest BCUT2D eigenvalue weighted by molar-refractivity contribution is 0.0821. The van der Waals surface area contributed by atoms with Gasteiger partial charge in [-0.15, -0.1) is 0 Å². The molecule has 20 heavy (non-hydrogen) atoms. The average Bonchev–Trinajstić information content (AvgIpc) is 3.24. The van der Waals surface area contributed by atoms with Gasteiger partial charge in [0.25, 0.3) is 0 Å². The molecular formula is C16H23FN2O. The molecule has 1 atom stereocenters. The number of anilines is 1. The first-order chi connectivity index (χ1) is 9.72. The van der Waals surface area contributed by atoms with Crippen LogP contribution in [0.2, 0.25) is 0 Å². The van der Waals surface area contributed by atoms with Crippen molar-refractivity contribution < 1.29 is 9.13 Å². The van der Waals surface area contributed by atoms with Crippen molar-refractivity contribution in [3.05, 3.63) is 29.6 Å². The summed E-state index contributed by atoms with van der Waals surface area (Å²) < 4.78 is 19.2. The Morgan fingerprint density at radius 1 is 1.40 bits per heavy atom. The summed E-state index contributed by atoms with van der Waals surface area (Å²) in [5.41, 5.74) is 2.21. The molecule has 0 radical (unpaired) electrons. The van der Waals surface area contributed by atoms with E-state index in [1.807, 2.05) is 6.07 Å². The smallest absolute Gasteiger partial charge is 0.123 e. The van der Waals surface area contributed by atoms with Gasteiger partial charge < -0.3 is 15.0 Å². The summed E-state index contributed by atoms with van der Waals surface area (Å²) in [6, 6.07) is 5.78. The lowest BCUT2D eigenvalue weighted by atomic mass is 10.1. The quantitative estimate of drug-likeness (QED) is 0.916. The molecule has 4 heteroatoms. The first-order valence-electron chi connectivity index (χ1n) is 7.61. The minimum atomic E-state index is -0.152. The predicted molar refractivity (Wildman–Crippen MR) is 78.5 cm³/mol. The Hall–Kier alpha value is -1.13. The monoisotopic (exact) mass is 278 g/mol. The summed E-state index contributed by atoms with van der Waals surface area (Å²) in [7, 11) is 0. The topological polar surface area (TPSA) is 24.5 Å². The maximum atomic E-state index is 13.5. The van der Waals surface area contributed by atoms with E-state index >= 15 is 0 Å². The second-order valence-electron chi connectivity index (χ2n) is 5.91. The molecule has 1 unspecified atom stereocenters. The van der Waals surface area contributed by atoms with Crippen LogP contribution in [0.25, 0.3) is 0 Å². The summed E-state index contributed by atoms with van der Waals surface area (Å²) in [4.78, 5) is 2.33. The summed E-state index contributed by atoms with van der Waals surface area (Å²) >= 11 is 0. The summed E-state index contributed by atoms with van der Waals surface area (Å²) in [5.74, 6) is -0.152. The number of hydrogen-bond acceptors (Lipinski definition) is 3. The molecule has 1 aromatic carbocycles. The summed E-state index contributed by atoms with van der Waals surface area (Å²) in [6.45, 7) is 5.52. The molecule has 110 valence electrons. The third-order valence-electron chi connectivity index (χ3n) is 3.99. The Bertz CT molecular complexity index is 462. The fourth-order valence-electron chi connectivity index (χ4n) is 2.76. The van der Waals surface area contributed by atoms with Crippen molar-refractivity contribution in [2.24, 2.45) is 0 Å². The molecule has 1 aliphatic carbocycles. The van der Waals surface area contributed by atoms with E-state index in [9.17, 15) is 4.39 Å². The van der Waals surface area contributed by atoms with Gasteiger partial charge >= 0.3 is 0 Å². The van der Waals surface area contributed by atoms with E-state index in [1.165, 1.54) is 12.8 Å². The summed E-state index contributed by atoms with van der Waals surface area (Å²) in [5, 5.41) is 3.48. The number of ether oxygens (including phenoxy) is 1. The zero-order valence-corrected chi connectivity index (χ0v) is 12.1. The second kappa shape index (κ2) is 6.10. The standard InChI is InChI=1S/C16H23FN2O/c1-12-11-19(7-2-8-20-12)16-6-3-14(17)9-13(16)10-18-15-4-5-15/h3,6,9,12,15,18H,2,4-5,7-8,10-11H2,1H3. The van der Waals surface area contributed by atoms with Crippen LogP contribution in [0.5, 0.6) is 0 Å². The van der Waals surface area contributed by atoms with Gasteiger partial charge in [0.15, 0.2) is 0 Å². The van der Waals surface area contributed by atoms with E-state index in [4.69, 9.17) is 4.74 Å². The van der Waals surface area contributed by atoms with Gasteiger partial charge in [-0.05, 0) is 49.9 Å². The number of nitrogens with one attached hydrogen (secondary N) is 1. The molecule has 2 aliphatic rings. The van der Waals surface area contributed by atoms with Gasteiger partial charge in [-0.3, -0.25) is 0 Å². The zero-order chi connectivity index (χ0) is 13.9. The highest BCUT2D eigenvalue weighted by molar-refractivity contribution is 5.54. The Morgan fingerprint density at radius 2 is 2.25 bits per heavy atom. The molecule has 0 bridgehead atoms. The molecule has 1 heterocycles. The van der Waals surface area contributed by atoms with Crippen LogP contribution in [0.3, 0.4) is 0 Å². The molecule has 1 aromatic rings. The first-order valence-corrected chi connectivity index (χ1v) is 7.61. The number of benzene rings is 1. The highest BCUT2D eigenvalue weighted by Crippen LogP contribution is 2.26. The molecule has 2 fully saturated rings. The largest absolute Gasteiger partial charge is 0.377 e. The van der Waals surface area contributed by atoms with E-state index in [0.29, 0.717) is 6.04 Å². The molecule has 1 saturated carbocycles. The van der Waals surface area contributed by atoms with Crippen molar-refractivity contribution in [1.29, 1.82) is 0 Å². The van der Waals surface area contributed by atoms with E-state index in [1.54, 1.807) is 12.1 Å². The Labute approximate surface area is 120 Å². The second-order valence-corrected chi connectivity index (χ2v) is 5.91. The maximum absolute atomic E-state index is 13.5. The number of hydrogen-bond donors (Lipinski definition) is 1. The molecule has 0 aromatic heterocycles. The fraction of sp³-hybridized carbons (Fsp3) is 0.625. The van der Waals surface area contributed by atoms with Gasteiger partial charge in [-0.25, -0.2) is 4.39 Å². The predicted octanol–water partition coefficient (Wildman–Crippen LogP) is 2.69. The van der Waals surface area contributed by atoms with E-state index < -0.39 is 0 Å². The third-order valence-corrected chi connectivity index (χ3v) is 3.99. The Morgan fingerprint density at radius 3 is 3.05 bits per heavy atom. The van der Waals surface area contributed by atoms with Crippen LogP contribution in [-0.4, -0.2) is 31.8 Å². The highest BCUT2D eigenvalue weighted by Gasteiger charge is 2.22. The minimum Gasteiger partial charge on any atom is -0.377 e. The van der Waals surface area contributed by atoms with Crippen LogP contribution in [0.15, 0.2) is 18.2 Å². The minimum absolute atomic E-state index is 0.152. The van der Waals surface area contributed by atoms with Crippen LogP contribution in [-0.2, 0) is 11.3 Å². The Kier molecular flexibility index (Phi) is 4.22. The number of halogens is 1. The first kappa shape index (κ1) is 13.8. The molecule has 1 saturated heterocycles. The van der Waals surface area contributed by atoms with Crippen LogP contribution in [0.4, 0.5) is 10.1 Å². The fourth-order valence-corrected chi connectivity index (χ4v) is 2.76. The molecule has 0 spiro atoms. The molecule has 3 nitrogen and oxygen atoms in total. The van der Waals surface area contributed by atoms with Gasteiger partial charge in [0.2, 0.25) is 0 Å². The van der Waals surface area contributed by atoms with E-state index in [0.717, 1.165) is 43.9 Å². The highest BCUT2D eigenvalue weighted by atomic mass is 19.1. The van der Waals surface area contributed by atoms with E-state index in [2.05, 4.69) is 17.1 Å². The molecular weight excluding hydrogens is 255 g/mol. The van der Waals surface area contributed by atoms with Gasteiger partial charge in [0, 0.05) is 38.0 Å². The molecule has 1 N–H and O–H groups in total. The molecule has 1 aliphatic heterocycles. The van der Waals surface area contributed by atoms with Crippen molar-refractivity contribution in [3.63, 3.8) is 0 Å². The van der Waals surface area contributed by atoms with Gasteiger partial charge in [-0.2, -0.15) is 0 Å². The van der Waals surface area contributed by atoms with E-state index in [-0.39, 0.29) is 11.9 Å². The third kappa shape index (κ3) is 3.49. The van der Waals surface area contributed by atoms with Crippen LogP contribution in [0.1, 0.15) is 31.7 Å². The summed E-state index contributed by atoms with van der Waals surface area (Å²) in [6.07, 6.45) is 3.75. The van der Waals surface area contributed by atoms with Crippen molar-refractivity contribution in [2.45, 2.75) is 44.9 Å². The number of nitrogens with zero attached hydrogens (tertiary/aromatic N) is 1. The lowest BCUT2D eigenvalue weighted by Gasteiger charge is -2.27. The van der Waals surface area contributed by atoms with Crippen molar-refractivity contribution in [1.82, 2.24) is 5.32 Å². The van der Waals surface area contributed by atoms with Crippen LogP contribution >= 0.6 is 0 Å². The van der Waals surface area contributed by atoms with Crippen LogP contribution < -0.4 is 10.2 Å². The normalized spacial score (nSPS) is 23.7. The van der Waals surface area contributed by atoms with Gasteiger partial charge in [-0.1, -0.05) is 0 Å². The maximum Gasteiger partial charge on any atom is 0.123 e. The SMILES string of the molecule is CC1CN(c2ccc(F)cc2CNC2CC2)CCCO1. The van der Waals surface area contributed by atoms with Crippen molar-refractivity contribution in [3.8, 4) is 0 Å². The lowest BCUT2D eigenvalue weighted by Crippen LogP contribution is -2.31. The number of rotatable bonds is 4. The van der Waals surface area contributed by atoms with Crippen molar-refractivity contribution in [2.75, 3.05) is 24.6 Å². The van der Waals surface area contributed by atoms with Crippen molar-refractivity contribution >= 4 is 5.69 Å². The van der Waals surface area contributed by atoms with Gasteiger partial charge in [0.05, 0.1) is 6.10 Å².